The van der Waals surface area contributed by atoms with Crippen molar-refractivity contribution in [2.45, 2.75) is 83.1 Å². The van der Waals surface area contributed by atoms with E-state index in [9.17, 15) is 9.59 Å². The van der Waals surface area contributed by atoms with Gasteiger partial charge in [0, 0.05) is 5.92 Å². The number of amides is 1. The lowest BCUT2D eigenvalue weighted by Crippen LogP contribution is -2.49. The molecule has 5 unspecified atom stereocenters. The molecule has 0 spiro atoms. The van der Waals surface area contributed by atoms with Crippen LogP contribution in [0.25, 0.3) is 0 Å². The quantitative estimate of drug-likeness (QED) is 0.267. The summed E-state index contributed by atoms with van der Waals surface area (Å²) in [6, 6.07) is 29.6. The van der Waals surface area contributed by atoms with Gasteiger partial charge in [0.15, 0.2) is 6.04 Å². The fourth-order valence-electron chi connectivity index (χ4n) is 6.55. The van der Waals surface area contributed by atoms with Crippen molar-refractivity contribution in [3.05, 3.63) is 108 Å². The van der Waals surface area contributed by atoms with E-state index in [2.05, 4.69) is 57.2 Å². The Balaban J connectivity index is 1.39. The summed E-state index contributed by atoms with van der Waals surface area (Å²) in [4.78, 5) is 28.8. The lowest BCUT2D eigenvalue weighted by Gasteiger charge is -2.44. The molecule has 40 heavy (non-hydrogen) atoms. The molecule has 210 valence electrons. The molecule has 0 radical (unpaired) electrons. The molecule has 3 aromatic rings. The number of benzene rings is 3. The highest BCUT2D eigenvalue weighted by Gasteiger charge is 2.49. The first-order chi connectivity index (χ1) is 19.3. The van der Waals surface area contributed by atoms with Crippen LogP contribution in [0.4, 0.5) is 4.79 Å². The number of esters is 1. The molecular formula is C35H41NO4. The zero-order valence-electron chi connectivity index (χ0n) is 23.9. The maximum atomic E-state index is 14.1. The average molecular weight is 540 g/mol. The monoisotopic (exact) mass is 539 g/mol. The van der Waals surface area contributed by atoms with Gasteiger partial charge in [-0.15, -0.1) is 0 Å². The second-order valence-electron chi connectivity index (χ2n) is 12.1. The van der Waals surface area contributed by atoms with Crippen LogP contribution in [-0.4, -0.2) is 35.2 Å². The van der Waals surface area contributed by atoms with Crippen LogP contribution in [-0.2, 0) is 32.6 Å². The fourth-order valence-corrected chi connectivity index (χ4v) is 6.55. The van der Waals surface area contributed by atoms with Gasteiger partial charge in [-0.25, -0.2) is 9.59 Å². The van der Waals surface area contributed by atoms with E-state index in [0.29, 0.717) is 25.3 Å². The lowest BCUT2D eigenvalue weighted by molar-refractivity contribution is -0.163. The molecule has 3 aromatic carbocycles. The van der Waals surface area contributed by atoms with E-state index in [0.717, 1.165) is 30.4 Å². The van der Waals surface area contributed by atoms with Crippen molar-refractivity contribution in [3.8, 4) is 0 Å². The van der Waals surface area contributed by atoms with E-state index in [4.69, 9.17) is 9.47 Å². The van der Waals surface area contributed by atoms with Crippen LogP contribution in [0, 0.1) is 11.8 Å². The number of nitrogens with zero attached hydrogens (tertiary/aromatic N) is 1. The van der Waals surface area contributed by atoms with Crippen molar-refractivity contribution in [3.63, 3.8) is 0 Å². The van der Waals surface area contributed by atoms with Gasteiger partial charge in [0.2, 0.25) is 0 Å². The van der Waals surface area contributed by atoms with Crippen molar-refractivity contribution < 1.29 is 19.1 Å². The van der Waals surface area contributed by atoms with Crippen LogP contribution >= 0.6 is 0 Å². The van der Waals surface area contributed by atoms with Crippen LogP contribution in [0.5, 0.6) is 0 Å². The number of aryl methyl sites for hydroxylation is 1. The van der Waals surface area contributed by atoms with Gasteiger partial charge in [-0.3, -0.25) is 4.90 Å². The number of cyclic esters (lactones) is 1. The van der Waals surface area contributed by atoms with E-state index >= 15 is 0 Å². The Kier molecular flexibility index (Phi) is 8.58. The van der Waals surface area contributed by atoms with Gasteiger partial charge in [0.1, 0.15) is 12.2 Å². The van der Waals surface area contributed by atoms with Crippen LogP contribution < -0.4 is 0 Å². The smallest absolute Gasteiger partial charge is 0.411 e. The van der Waals surface area contributed by atoms with Gasteiger partial charge in [-0.2, -0.15) is 0 Å². The summed E-state index contributed by atoms with van der Waals surface area (Å²) in [6.45, 7) is 7.06. The van der Waals surface area contributed by atoms with E-state index in [1.807, 2.05) is 54.6 Å². The second-order valence-corrected chi connectivity index (χ2v) is 12.1. The molecular weight excluding hydrogens is 498 g/mol. The second kappa shape index (κ2) is 12.3. The number of ether oxygens (including phenoxy) is 2. The predicted molar refractivity (Wildman–Crippen MR) is 157 cm³/mol. The largest absolute Gasteiger partial charge is 0.460 e. The minimum Gasteiger partial charge on any atom is -0.460 e. The Morgan fingerprint density at radius 2 is 1.50 bits per heavy atom. The average Bonchev–Trinajstić information content (AvgIpc) is 3.28. The van der Waals surface area contributed by atoms with Gasteiger partial charge >= 0.3 is 12.1 Å². The number of carbonyl (C=O) groups excluding carboxylic acids is 2. The minimum atomic E-state index is -0.783. The van der Waals surface area contributed by atoms with Crippen LogP contribution in [0.15, 0.2) is 91.0 Å². The molecule has 1 saturated heterocycles. The van der Waals surface area contributed by atoms with Gasteiger partial charge in [-0.1, -0.05) is 118 Å². The third kappa shape index (κ3) is 6.24. The first-order valence-electron chi connectivity index (χ1n) is 14.6. The van der Waals surface area contributed by atoms with Gasteiger partial charge < -0.3 is 9.47 Å². The number of carbonyl (C=O) groups is 2. The molecule has 0 N–H and O–H groups in total. The first kappa shape index (κ1) is 27.9. The van der Waals surface area contributed by atoms with Crippen molar-refractivity contribution >= 4 is 12.1 Å². The summed E-state index contributed by atoms with van der Waals surface area (Å²) in [5.74, 6) is 0.294. The van der Waals surface area contributed by atoms with E-state index in [-0.39, 0.29) is 23.4 Å². The highest BCUT2D eigenvalue weighted by Crippen LogP contribution is 2.44. The summed E-state index contributed by atoms with van der Waals surface area (Å²) in [7, 11) is 0. The molecule has 5 nitrogen and oxygen atoms in total. The highest BCUT2D eigenvalue weighted by atomic mass is 16.6. The zero-order chi connectivity index (χ0) is 28.1. The fraction of sp³-hybridized carbons (Fsp3) is 0.429. The highest BCUT2D eigenvalue weighted by molar-refractivity contribution is 5.85. The molecule has 5 rings (SSSR count). The molecule has 1 heterocycles. The third-order valence-corrected chi connectivity index (χ3v) is 8.94. The van der Waals surface area contributed by atoms with Crippen molar-refractivity contribution in [1.29, 1.82) is 0 Å². The van der Waals surface area contributed by atoms with Crippen LogP contribution in [0.3, 0.4) is 0 Å². The molecule has 2 fully saturated rings. The third-order valence-electron chi connectivity index (χ3n) is 8.94. The molecule has 1 aliphatic carbocycles. The summed E-state index contributed by atoms with van der Waals surface area (Å²) in [5.41, 5.74) is 3.19. The maximum absolute atomic E-state index is 14.1. The standard InChI is InChI=1S/C35H41NO4/c1-25-19-21-29(35(2,3)28-17-11-6-12-18-28)31(23-25)39-33(37)32-30(22-20-26-13-7-4-8-14-26)40-34(38)36(32)24-27-15-9-5-10-16-27/h4-18,25,29-32H,19-24H2,1-3H3. The van der Waals surface area contributed by atoms with E-state index in [1.165, 1.54) is 5.56 Å². The number of rotatable bonds is 9. The van der Waals surface area contributed by atoms with Crippen molar-refractivity contribution in [1.82, 2.24) is 4.90 Å². The zero-order valence-corrected chi connectivity index (χ0v) is 23.9. The van der Waals surface area contributed by atoms with Gasteiger partial charge in [-0.05, 0) is 53.7 Å². The summed E-state index contributed by atoms with van der Waals surface area (Å²) in [6.07, 6.45) is 2.95. The summed E-state index contributed by atoms with van der Waals surface area (Å²) in [5, 5.41) is 0. The molecule has 1 saturated carbocycles. The molecule has 0 aromatic heterocycles. The molecule has 5 heteroatoms. The molecule has 0 bridgehead atoms. The summed E-state index contributed by atoms with van der Waals surface area (Å²) < 4.78 is 12.3. The Bertz CT molecular complexity index is 1260. The van der Waals surface area contributed by atoms with Gasteiger partial charge in [0.25, 0.3) is 0 Å². The van der Waals surface area contributed by atoms with Crippen molar-refractivity contribution in [2.75, 3.05) is 0 Å². The Hall–Kier alpha value is -3.60. The topological polar surface area (TPSA) is 55.8 Å². The molecule has 1 amide bonds. The maximum Gasteiger partial charge on any atom is 0.411 e. The Labute approximate surface area is 238 Å². The molecule has 1 aliphatic heterocycles. The lowest BCUT2D eigenvalue weighted by atomic mass is 9.64. The minimum absolute atomic E-state index is 0.162. The van der Waals surface area contributed by atoms with Crippen molar-refractivity contribution in [2.24, 2.45) is 11.8 Å². The number of hydrogen-bond acceptors (Lipinski definition) is 4. The molecule has 5 atom stereocenters. The van der Waals surface area contributed by atoms with Crippen LogP contribution in [0.2, 0.25) is 0 Å². The SMILES string of the molecule is CC1CCC(C(C)(C)c2ccccc2)C(OC(=O)C2C(CCc3ccccc3)OC(=O)N2Cc2ccccc2)C1. The summed E-state index contributed by atoms with van der Waals surface area (Å²) >= 11 is 0. The first-order valence-corrected chi connectivity index (χ1v) is 14.6. The van der Waals surface area contributed by atoms with E-state index < -0.39 is 18.2 Å². The normalized spacial score (nSPS) is 24.9. The van der Waals surface area contributed by atoms with E-state index in [1.54, 1.807) is 4.90 Å². The number of hydrogen-bond donors (Lipinski definition) is 0. The molecule has 2 aliphatic rings. The Morgan fingerprint density at radius 1 is 0.900 bits per heavy atom. The Morgan fingerprint density at radius 3 is 2.15 bits per heavy atom. The van der Waals surface area contributed by atoms with Gasteiger partial charge in [0.05, 0.1) is 6.54 Å². The predicted octanol–water partition coefficient (Wildman–Crippen LogP) is 7.33. The van der Waals surface area contributed by atoms with Crippen LogP contribution in [0.1, 0.15) is 63.1 Å².